The molecule has 0 atom stereocenters. The van der Waals surface area contributed by atoms with Crippen molar-refractivity contribution in [1.29, 1.82) is 0 Å². The Morgan fingerprint density at radius 1 is 1.17 bits per heavy atom. The molecule has 0 bridgehead atoms. The summed E-state index contributed by atoms with van der Waals surface area (Å²) in [6.07, 6.45) is 1.36. The number of anilines is 3. The lowest BCUT2D eigenvalue weighted by Gasteiger charge is -2.19. The second kappa shape index (κ2) is 4.95. The summed E-state index contributed by atoms with van der Waals surface area (Å²) >= 11 is 0. The molecule has 0 radical (unpaired) electrons. The predicted octanol–water partition coefficient (Wildman–Crippen LogP) is 2.56. The van der Waals surface area contributed by atoms with E-state index in [4.69, 9.17) is 0 Å². The number of benzene rings is 1. The van der Waals surface area contributed by atoms with Crippen molar-refractivity contribution in [2.75, 3.05) is 24.3 Å². The van der Waals surface area contributed by atoms with Gasteiger partial charge in [0.2, 0.25) is 0 Å². The molecule has 0 saturated heterocycles. The van der Waals surface area contributed by atoms with Gasteiger partial charge in [-0.2, -0.15) is 0 Å². The molecular weight excluding hydrogens is 238 g/mol. The van der Waals surface area contributed by atoms with Crippen molar-refractivity contribution in [3.05, 3.63) is 42.2 Å². The lowest BCUT2D eigenvalue weighted by molar-refractivity contribution is 0.600. The summed E-state index contributed by atoms with van der Waals surface area (Å²) in [5.74, 6) is 0.0622. The van der Waals surface area contributed by atoms with Gasteiger partial charge >= 0.3 is 0 Å². The van der Waals surface area contributed by atoms with Crippen molar-refractivity contribution >= 4 is 17.3 Å². The average molecular weight is 250 g/mol. The van der Waals surface area contributed by atoms with Crippen LogP contribution in [0.2, 0.25) is 0 Å². The Bertz CT molecular complexity index is 560. The molecule has 1 aromatic carbocycles. The summed E-state index contributed by atoms with van der Waals surface area (Å²) in [5.41, 5.74) is 0.121. The van der Waals surface area contributed by atoms with Crippen LogP contribution in [0.3, 0.4) is 0 Å². The molecule has 0 aliphatic heterocycles. The zero-order chi connectivity index (χ0) is 13.1. The van der Waals surface area contributed by atoms with Crippen LogP contribution in [0.25, 0.3) is 0 Å². The maximum atomic E-state index is 13.6. The van der Waals surface area contributed by atoms with Crippen molar-refractivity contribution in [2.24, 2.45) is 0 Å². The molecule has 2 aromatic rings. The third kappa shape index (κ3) is 2.37. The summed E-state index contributed by atoms with van der Waals surface area (Å²) < 4.78 is 26.8. The van der Waals surface area contributed by atoms with Gasteiger partial charge in [0.25, 0.3) is 0 Å². The normalized spacial score (nSPS) is 10.2. The van der Waals surface area contributed by atoms with Crippen LogP contribution >= 0.6 is 0 Å². The third-order valence-electron chi connectivity index (χ3n) is 2.52. The predicted molar refractivity (Wildman–Crippen MR) is 66.0 cm³/mol. The summed E-state index contributed by atoms with van der Waals surface area (Å²) in [7, 11) is 3.33. The van der Waals surface area contributed by atoms with Gasteiger partial charge in [-0.3, -0.25) is 0 Å². The Labute approximate surface area is 103 Å². The van der Waals surface area contributed by atoms with Crippen molar-refractivity contribution < 1.29 is 8.78 Å². The topological polar surface area (TPSA) is 41.0 Å². The molecule has 0 aliphatic rings. The minimum absolute atomic E-state index is 0.121. The molecule has 4 nitrogen and oxygen atoms in total. The number of aromatic nitrogens is 2. The molecule has 0 aliphatic carbocycles. The van der Waals surface area contributed by atoms with Crippen molar-refractivity contribution in [1.82, 2.24) is 9.97 Å². The fourth-order valence-corrected chi connectivity index (χ4v) is 1.53. The number of nitrogens with zero attached hydrogens (tertiary/aromatic N) is 3. The first kappa shape index (κ1) is 12.2. The second-order valence-electron chi connectivity index (χ2n) is 3.67. The summed E-state index contributed by atoms with van der Waals surface area (Å²) in [4.78, 5) is 9.44. The Morgan fingerprint density at radius 3 is 2.67 bits per heavy atom. The van der Waals surface area contributed by atoms with Crippen molar-refractivity contribution in [3.8, 4) is 0 Å². The maximum Gasteiger partial charge on any atom is 0.147 e. The van der Waals surface area contributed by atoms with Gasteiger partial charge in [0, 0.05) is 26.2 Å². The molecule has 0 fully saturated rings. The van der Waals surface area contributed by atoms with E-state index in [0.29, 0.717) is 11.6 Å². The molecule has 1 aromatic heterocycles. The van der Waals surface area contributed by atoms with E-state index in [0.717, 1.165) is 18.2 Å². The summed E-state index contributed by atoms with van der Waals surface area (Å²) in [6, 6.07) is 4.92. The van der Waals surface area contributed by atoms with E-state index in [1.54, 1.807) is 20.2 Å². The van der Waals surface area contributed by atoms with E-state index in [1.807, 2.05) is 0 Å². The minimum Gasteiger partial charge on any atom is -0.373 e. The molecule has 1 N–H and O–H groups in total. The van der Waals surface area contributed by atoms with Crippen LogP contribution in [0.4, 0.5) is 26.1 Å². The van der Waals surface area contributed by atoms with Gasteiger partial charge in [0.15, 0.2) is 0 Å². The SMILES string of the molecule is CNc1cc(N(C)c2cc(F)ccc2F)ncn1. The zero-order valence-electron chi connectivity index (χ0n) is 9.98. The fourth-order valence-electron chi connectivity index (χ4n) is 1.53. The standard InChI is InChI=1S/C12H12F2N4/c1-15-11-6-12(17-7-16-11)18(2)10-5-8(13)3-4-9(10)14/h3-7H,1-2H3,(H,15,16,17). The van der Waals surface area contributed by atoms with Gasteiger partial charge in [0.1, 0.15) is 29.6 Å². The zero-order valence-corrected chi connectivity index (χ0v) is 9.98. The molecule has 0 saturated carbocycles. The highest BCUT2D eigenvalue weighted by atomic mass is 19.1. The molecule has 0 amide bonds. The number of hydrogen-bond acceptors (Lipinski definition) is 4. The number of nitrogens with one attached hydrogen (secondary N) is 1. The third-order valence-corrected chi connectivity index (χ3v) is 2.52. The molecular formula is C12H12F2N4. The summed E-state index contributed by atoms with van der Waals surface area (Å²) in [5, 5.41) is 2.85. The largest absolute Gasteiger partial charge is 0.373 e. The second-order valence-corrected chi connectivity index (χ2v) is 3.67. The Morgan fingerprint density at radius 2 is 1.94 bits per heavy atom. The highest BCUT2D eigenvalue weighted by molar-refractivity contribution is 5.61. The van der Waals surface area contributed by atoms with Gasteiger partial charge in [0.05, 0.1) is 5.69 Å². The first-order valence-electron chi connectivity index (χ1n) is 5.30. The smallest absolute Gasteiger partial charge is 0.147 e. The highest BCUT2D eigenvalue weighted by Crippen LogP contribution is 2.26. The highest BCUT2D eigenvalue weighted by Gasteiger charge is 2.12. The molecule has 94 valence electrons. The first-order chi connectivity index (χ1) is 8.61. The molecule has 18 heavy (non-hydrogen) atoms. The van der Waals surface area contributed by atoms with Crippen LogP contribution in [-0.2, 0) is 0 Å². The van der Waals surface area contributed by atoms with E-state index >= 15 is 0 Å². The van der Waals surface area contributed by atoms with Crippen molar-refractivity contribution in [3.63, 3.8) is 0 Å². The van der Waals surface area contributed by atoms with E-state index in [1.165, 1.54) is 11.2 Å². The van der Waals surface area contributed by atoms with Gasteiger partial charge in [-0.05, 0) is 12.1 Å². The van der Waals surface area contributed by atoms with Crippen LogP contribution in [0, 0.1) is 11.6 Å². The van der Waals surface area contributed by atoms with Crippen LogP contribution in [0.5, 0.6) is 0 Å². The average Bonchev–Trinajstić information content (AvgIpc) is 2.41. The van der Waals surface area contributed by atoms with E-state index in [9.17, 15) is 8.78 Å². The lowest BCUT2D eigenvalue weighted by Crippen LogP contribution is -2.13. The van der Waals surface area contributed by atoms with Gasteiger partial charge < -0.3 is 10.2 Å². The number of halogens is 2. The van der Waals surface area contributed by atoms with E-state index in [2.05, 4.69) is 15.3 Å². The number of rotatable bonds is 3. The van der Waals surface area contributed by atoms with Crippen molar-refractivity contribution in [2.45, 2.75) is 0 Å². The lowest BCUT2D eigenvalue weighted by atomic mass is 10.2. The Kier molecular flexibility index (Phi) is 3.36. The van der Waals surface area contributed by atoms with Gasteiger partial charge in [-0.25, -0.2) is 18.7 Å². The monoisotopic (exact) mass is 250 g/mol. The first-order valence-corrected chi connectivity index (χ1v) is 5.30. The van der Waals surface area contributed by atoms with Crippen LogP contribution < -0.4 is 10.2 Å². The minimum atomic E-state index is -0.511. The van der Waals surface area contributed by atoms with Gasteiger partial charge in [-0.15, -0.1) is 0 Å². The molecule has 0 spiro atoms. The van der Waals surface area contributed by atoms with Crippen LogP contribution in [-0.4, -0.2) is 24.1 Å². The van der Waals surface area contributed by atoms with E-state index < -0.39 is 11.6 Å². The quantitative estimate of drug-likeness (QED) is 0.909. The molecule has 6 heteroatoms. The maximum absolute atomic E-state index is 13.6. The van der Waals surface area contributed by atoms with Crippen LogP contribution in [0.1, 0.15) is 0 Å². The Hall–Kier alpha value is -2.24. The number of hydrogen-bond donors (Lipinski definition) is 1. The van der Waals surface area contributed by atoms with Gasteiger partial charge in [-0.1, -0.05) is 0 Å². The van der Waals surface area contributed by atoms with E-state index in [-0.39, 0.29) is 5.69 Å². The fraction of sp³-hybridized carbons (Fsp3) is 0.167. The summed E-state index contributed by atoms with van der Waals surface area (Å²) in [6.45, 7) is 0. The molecule has 2 rings (SSSR count). The Balaban J connectivity index is 2.40. The molecule has 1 heterocycles. The van der Waals surface area contributed by atoms with Crippen LogP contribution in [0.15, 0.2) is 30.6 Å². The molecule has 0 unspecified atom stereocenters.